The van der Waals surface area contributed by atoms with Gasteiger partial charge in [0.1, 0.15) is 11.5 Å². The molecule has 3 aliphatic rings. The van der Waals surface area contributed by atoms with Crippen molar-refractivity contribution < 1.29 is 23.5 Å². The summed E-state index contributed by atoms with van der Waals surface area (Å²) in [6.07, 6.45) is 2.13. The Morgan fingerprint density at radius 2 is 1.79 bits per heavy atom. The molecule has 2 fully saturated rings. The van der Waals surface area contributed by atoms with Gasteiger partial charge >= 0.3 is 0 Å². The largest absolute Gasteiger partial charge is 0.350 e. The smallest absolute Gasteiger partial charge is 0.270 e. The van der Waals surface area contributed by atoms with Gasteiger partial charge in [-0.3, -0.25) is 9.59 Å². The molecule has 1 aromatic rings. The number of halogens is 1. The van der Waals surface area contributed by atoms with Gasteiger partial charge in [-0.1, -0.05) is 12.1 Å². The van der Waals surface area contributed by atoms with E-state index in [4.69, 9.17) is 9.47 Å². The molecule has 1 aromatic carbocycles. The van der Waals surface area contributed by atoms with E-state index in [1.165, 1.54) is 17.1 Å². The molecular weight excluding hydrogens is 365 g/mol. The molecule has 0 unspecified atom stereocenters. The lowest BCUT2D eigenvalue weighted by Gasteiger charge is -2.34. The minimum absolute atomic E-state index is 0.108. The molecular formula is C20H24FN3O4. The van der Waals surface area contributed by atoms with E-state index < -0.39 is 0 Å². The third-order valence-corrected chi connectivity index (χ3v) is 5.46. The molecule has 8 heteroatoms. The fourth-order valence-electron chi connectivity index (χ4n) is 3.85. The zero-order chi connectivity index (χ0) is 19.5. The van der Waals surface area contributed by atoms with Crippen molar-refractivity contribution in [2.45, 2.75) is 38.5 Å². The Labute approximate surface area is 163 Å². The average molecular weight is 389 g/mol. The molecule has 150 valence electrons. The van der Waals surface area contributed by atoms with Gasteiger partial charge in [0, 0.05) is 31.8 Å². The number of likely N-dealkylation sites (tertiary alicyclic amines) is 1. The summed E-state index contributed by atoms with van der Waals surface area (Å²) in [6, 6.07) is 5.93. The number of carbonyl (C=O) groups excluding carboxylic acids is 2. The van der Waals surface area contributed by atoms with Crippen LogP contribution in [-0.4, -0.2) is 60.0 Å². The molecule has 3 heterocycles. The van der Waals surface area contributed by atoms with Gasteiger partial charge in [0.2, 0.25) is 5.91 Å². The molecule has 0 aliphatic carbocycles. The number of rotatable bonds is 4. The maximum absolute atomic E-state index is 13.1. The molecule has 0 radical (unpaired) electrons. The van der Waals surface area contributed by atoms with Crippen molar-refractivity contribution in [3.05, 3.63) is 35.6 Å². The summed E-state index contributed by atoms with van der Waals surface area (Å²) in [5, 5.41) is 5.63. The van der Waals surface area contributed by atoms with Crippen LogP contribution in [0.5, 0.6) is 0 Å². The summed E-state index contributed by atoms with van der Waals surface area (Å²) < 4.78 is 24.2. The summed E-state index contributed by atoms with van der Waals surface area (Å²) in [6.45, 7) is 2.78. The molecule has 0 aromatic heterocycles. The molecule has 7 nitrogen and oxygen atoms in total. The van der Waals surface area contributed by atoms with Crippen molar-refractivity contribution in [2.75, 3.05) is 26.3 Å². The number of hydrogen-bond acceptors (Lipinski definition) is 5. The van der Waals surface area contributed by atoms with Gasteiger partial charge in [0.15, 0.2) is 6.29 Å². The summed E-state index contributed by atoms with van der Waals surface area (Å²) in [5.41, 5.74) is 1.18. The molecule has 2 saturated heterocycles. The Morgan fingerprint density at radius 3 is 2.46 bits per heavy atom. The van der Waals surface area contributed by atoms with E-state index in [9.17, 15) is 14.0 Å². The van der Waals surface area contributed by atoms with Crippen LogP contribution in [0, 0.1) is 11.7 Å². The molecule has 4 rings (SSSR count). The first-order chi connectivity index (χ1) is 13.6. The average Bonchev–Trinajstić information content (AvgIpc) is 3.26. The van der Waals surface area contributed by atoms with E-state index in [1.54, 1.807) is 17.0 Å². The number of hydrazone groups is 1. The number of benzene rings is 1. The second kappa shape index (κ2) is 8.36. The second-order valence-corrected chi connectivity index (χ2v) is 7.36. The molecule has 28 heavy (non-hydrogen) atoms. The van der Waals surface area contributed by atoms with Crippen LogP contribution in [0.2, 0.25) is 0 Å². The second-order valence-electron chi connectivity index (χ2n) is 7.36. The Bertz CT molecular complexity index is 753. The quantitative estimate of drug-likeness (QED) is 0.789. The zero-order valence-corrected chi connectivity index (χ0v) is 15.7. The number of nitrogens with zero attached hydrogens (tertiary/aromatic N) is 3. The highest BCUT2D eigenvalue weighted by Gasteiger charge is 2.34. The molecule has 0 spiro atoms. The van der Waals surface area contributed by atoms with Crippen molar-refractivity contribution in [1.82, 2.24) is 9.91 Å². The highest BCUT2D eigenvalue weighted by Crippen LogP contribution is 2.26. The SMILES string of the molecule is O=C(C1=NN(Cc2ccc(F)cc2)C(=O)CC1)N1CCC(C2OCCO2)CC1. The number of hydrogen-bond donors (Lipinski definition) is 0. The summed E-state index contributed by atoms with van der Waals surface area (Å²) in [4.78, 5) is 26.9. The molecule has 0 saturated carbocycles. The Kier molecular flexibility index (Phi) is 5.68. The third-order valence-electron chi connectivity index (χ3n) is 5.46. The van der Waals surface area contributed by atoms with Crippen LogP contribution in [0.15, 0.2) is 29.4 Å². The minimum Gasteiger partial charge on any atom is -0.350 e. The summed E-state index contributed by atoms with van der Waals surface area (Å²) in [5.74, 6) is -0.250. The van der Waals surface area contributed by atoms with Gasteiger partial charge in [0.25, 0.3) is 5.91 Å². The van der Waals surface area contributed by atoms with Crippen LogP contribution in [0.1, 0.15) is 31.2 Å². The normalized spacial score (nSPS) is 21.9. The zero-order valence-electron chi connectivity index (χ0n) is 15.7. The maximum Gasteiger partial charge on any atom is 0.270 e. The molecule has 3 aliphatic heterocycles. The topological polar surface area (TPSA) is 71.4 Å². The summed E-state index contributed by atoms with van der Waals surface area (Å²) in [7, 11) is 0. The van der Waals surface area contributed by atoms with Gasteiger partial charge < -0.3 is 14.4 Å². The van der Waals surface area contributed by atoms with Crippen molar-refractivity contribution in [3.63, 3.8) is 0 Å². The van der Waals surface area contributed by atoms with Crippen LogP contribution in [0.25, 0.3) is 0 Å². The predicted octanol–water partition coefficient (Wildman–Crippen LogP) is 1.92. The van der Waals surface area contributed by atoms with Crippen LogP contribution in [-0.2, 0) is 25.6 Å². The van der Waals surface area contributed by atoms with Gasteiger partial charge in [-0.2, -0.15) is 5.10 Å². The van der Waals surface area contributed by atoms with Crippen LogP contribution < -0.4 is 0 Å². The van der Waals surface area contributed by atoms with E-state index in [0.29, 0.717) is 44.4 Å². The highest BCUT2D eigenvalue weighted by atomic mass is 19.1. The molecule has 0 N–H and O–H groups in total. The fourth-order valence-corrected chi connectivity index (χ4v) is 3.85. The first-order valence-corrected chi connectivity index (χ1v) is 9.75. The predicted molar refractivity (Wildman–Crippen MR) is 98.6 cm³/mol. The van der Waals surface area contributed by atoms with Crippen molar-refractivity contribution in [3.8, 4) is 0 Å². The van der Waals surface area contributed by atoms with Crippen LogP contribution in [0.4, 0.5) is 4.39 Å². The Balaban J connectivity index is 1.37. The number of amides is 2. The highest BCUT2D eigenvalue weighted by molar-refractivity contribution is 6.39. The van der Waals surface area contributed by atoms with E-state index >= 15 is 0 Å². The number of piperidine rings is 1. The third kappa shape index (κ3) is 4.23. The fraction of sp³-hybridized carbons (Fsp3) is 0.550. The number of carbonyl (C=O) groups is 2. The molecule has 2 amide bonds. The Hall–Kier alpha value is -2.32. The van der Waals surface area contributed by atoms with Crippen LogP contribution in [0.3, 0.4) is 0 Å². The van der Waals surface area contributed by atoms with E-state index in [0.717, 1.165) is 18.4 Å². The van der Waals surface area contributed by atoms with Gasteiger partial charge in [0.05, 0.1) is 19.8 Å². The monoisotopic (exact) mass is 389 g/mol. The van der Waals surface area contributed by atoms with Crippen molar-refractivity contribution in [1.29, 1.82) is 0 Å². The van der Waals surface area contributed by atoms with E-state index in [-0.39, 0.29) is 36.9 Å². The van der Waals surface area contributed by atoms with Crippen molar-refractivity contribution in [2.24, 2.45) is 11.0 Å². The van der Waals surface area contributed by atoms with Crippen molar-refractivity contribution >= 4 is 17.5 Å². The number of ether oxygens (including phenoxy) is 2. The van der Waals surface area contributed by atoms with Gasteiger partial charge in [-0.15, -0.1) is 0 Å². The van der Waals surface area contributed by atoms with Gasteiger partial charge in [-0.25, -0.2) is 9.40 Å². The van der Waals surface area contributed by atoms with Crippen LogP contribution >= 0.6 is 0 Å². The first kappa shape index (κ1) is 19.0. The van der Waals surface area contributed by atoms with E-state index in [2.05, 4.69) is 5.10 Å². The van der Waals surface area contributed by atoms with Gasteiger partial charge in [-0.05, 0) is 30.5 Å². The first-order valence-electron chi connectivity index (χ1n) is 9.75. The lowest BCUT2D eigenvalue weighted by atomic mass is 9.95. The molecule has 0 bridgehead atoms. The minimum atomic E-state index is -0.329. The van der Waals surface area contributed by atoms with E-state index in [1.807, 2.05) is 0 Å². The maximum atomic E-state index is 13.1. The molecule has 0 atom stereocenters. The lowest BCUT2D eigenvalue weighted by Crippen LogP contribution is -2.46. The Morgan fingerprint density at radius 1 is 1.11 bits per heavy atom. The summed E-state index contributed by atoms with van der Waals surface area (Å²) >= 11 is 0. The lowest BCUT2D eigenvalue weighted by molar-refractivity contribution is -0.133. The standard InChI is InChI=1S/C20H24FN3O4/c21-16-3-1-14(2-4-16)13-24-18(25)6-5-17(22-24)19(26)23-9-7-15(8-10-23)20-27-11-12-28-20/h1-4,15,20H,5-13H2.